The van der Waals surface area contributed by atoms with Gasteiger partial charge in [0.05, 0.1) is 23.5 Å². The number of benzene rings is 2. The second kappa shape index (κ2) is 8.07. The van der Waals surface area contributed by atoms with Crippen molar-refractivity contribution >= 4 is 17.6 Å². The summed E-state index contributed by atoms with van der Waals surface area (Å²) in [6, 6.07) is 8.86. The van der Waals surface area contributed by atoms with Crippen molar-refractivity contribution in [3.63, 3.8) is 0 Å². The maximum atomic E-state index is 13.8. The molecular formula is C25H26F3N3O3. The van der Waals surface area contributed by atoms with Crippen LogP contribution in [0.1, 0.15) is 53.4 Å². The van der Waals surface area contributed by atoms with E-state index in [4.69, 9.17) is 4.74 Å². The van der Waals surface area contributed by atoms with Gasteiger partial charge in [0.15, 0.2) is 0 Å². The third-order valence-electron chi connectivity index (χ3n) is 6.19. The number of likely N-dealkylation sites (N-methyl/N-ethyl adjacent to an activating group) is 1. The van der Waals surface area contributed by atoms with Crippen molar-refractivity contribution in [2.45, 2.75) is 46.0 Å². The van der Waals surface area contributed by atoms with Crippen molar-refractivity contribution in [3.8, 4) is 5.75 Å². The molecule has 2 heterocycles. The fourth-order valence-corrected chi connectivity index (χ4v) is 4.73. The number of alkyl halides is 3. The van der Waals surface area contributed by atoms with Crippen LogP contribution in [0.2, 0.25) is 0 Å². The molecule has 9 heteroatoms. The normalized spacial score (nSPS) is 16.7. The van der Waals surface area contributed by atoms with E-state index in [1.165, 1.54) is 29.8 Å². The summed E-state index contributed by atoms with van der Waals surface area (Å²) in [4.78, 5) is 29.1. The predicted molar refractivity (Wildman–Crippen MR) is 121 cm³/mol. The van der Waals surface area contributed by atoms with Crippen molar-refractivity contribution in [1.29, 1.82) is 0 Å². The molecule has 6 nitrogen and oxygen atoms in total. The van der Waals surface area contributed by atoms with Crippen molar-refractivity contribution in [2.75, 3.05) is 13.6 Å². The number of hydrogen-bond acceptors (Lipinski definition) is 3. The Hall–Kier alpha value is -3.49. The van der Waals surface area contributed by atoms with Crippen molar-refractivity contribution in [2.24, 2.45) is 0 Å². The molecule has 34 heavy (non-hydrogen) atoms. The number of halogens is 3. The highest BCUT2D eigenvalue weighted by Crippen LogP contribution is 2.49. The smallest absolute Gasteiger partial charge is 0.416 e. The Bertz CT molecular complexity index is 1220. The maximum absolute atomic E-state index is 13.8. The average Bonchev–Trinajstić information content (AvgIpc) is 3.07. The summed E-state index contributed by atoms with van der Waals surface area (Å²) in [7, 11) is 1.52. The molecule has 0 aliphatic carbocycles. The Morgan fingerprint density at radius 2 is 1.88 bits per heavy atom. The van der Waals surface area contributed by atoms with E-state index in [1.54, 1.807) is 39.0 Å². The summed E-state index contributed by atoms with van der Waals surface area (Å²) in [5.41, 5.74) is -0.0808. The van der Waals surface area contributed by atoms with E-state index < -0.39 is 23.4 Å². The van der Waals surface area contributed by atoms with E-state index in [0.717, 1.165) is 11.6 Å². The van der Waals surface area contributed by atoms with Crippen LogP contribution >= 0.6 is 0 Å². The Morgan fingerprint density at radius 1 is 1.21 bits per heavy atom. The number of nitrogens with one attached hydrogen (secondary N) is 1. The predicted octanol–water partition coefficient (Wildman–Crippen LogP) is 5.17. The lowest BCUT2D eigenvalue weighted by molar-refractivity contribution is -0.138. The lowest BCUT2D eigenvalue weighted by Crippen LogP contribution is -2.49. The minimum absolute atomic E-state index is 0.0685. The summed E-state index contributed by atoms with van der Waals surface area (Å²) in [5.74, 6) is -0.116. The molecule has 0 radical (unpaired) electrons. The van der Waals surface area contributed by atoms with E-state index in [9.17, 15) is 22.8 Å². The molecule has 0 bridgehead atoms. The maximum Gasteiger partial charge on any atom is 0.416 e. The Morgan fingerprint density at radius 3 is 2.50 bits per heavy atom. The van der Waals surface area contributed by atoms with Gasteiger partial charge in [0, 0.05) is 24.7 Å². The van der Waals surface area contributed by atoms with Gasteiger partial charge in [0.1, 0.15) is 11.4 Å². The first kappa shape index (κ1) is 23.7. The van der Waals surface area contributed by atoms with Crippen LogP contribution in [-0.2, 0) is 12.7 Å². The van der Waals surface area contributed by atoms with Crippen LogP contribution in [0, 0.1) is 6.92 Å². The minimum Gasteiger partial charge on any atom is -0.481 e. The molecule has 2 aliphatic heterocycles. The third-order valence-corrected chi connectivity index (χ3v) is 6.19. The van der Waals surface area contributed by atoms with Crippen LogP contribution in [0.25, 0.3) is 5.70 Å². The molecule has 180 valence electrons. The third kappa shape index (κ3) is 3.69. The van der Waals surface area contributed by atoms with Gasteiger partial charge in [-0.25, -0.2) is 4.79 Å². The van der Waals surface area contributed by atoms with Crippen LogP contribution in [0.4, 0.5) is 18.0 Å². The van der Waals surface area contributed by atoms with Gasteiger partial charge < -0.3 is 15.0 Å². The van der Waals surface area contributed by atoms with Gasteiger partial charge >= 0.3 is 12.2 Å². The molecule has 0 spiro atoms. The number of fused-ring (bicyclic) bond motifs is 2. The number of urea groups is 1. The van der Waals surface area contributed by atoms with Gasteiger partial charge in [0.25, 0.3) is 5.91 Å². The summed E-state index contributed by atoms with van der Waals surface area (Å²) < 4.78 is 47.7. The van der Waals surface area contributed by atoms with E-state index in [2.05, 4.69) is 5.32 Å². The number of amides is 3. The number of hydrogen-bond donors (Lipinski definition) is 1. The first-order chi connectivity index (χ1) is 15.9. The van der Waals surface area contributed by atoms with Gasteiger partial charge in [0.2, 0.25) is 0 Å². The minimum atomic E-state index is -4.60. The zero-order chi connectivity index (χ0) is 25.0. The monoisotopic (exact) mass is 473 g/mol. The number of carbonyl (C=O) groups is 2. The van der Waals surface area contributed by atoms with Crippen molar-refractivity contribution in [3.05, 3.63) is 69.9 Å². The first-order valence-corrected chi connectivity index (χ1v) is 10.9. The lowest BCUT2D eigenvalue weighted by atomic mass is 9.89. The summed E-state index contributed by atoms with van der Waals surface area (Å²) in [6.07, 6.45) is -4.60. The molecule has 0 fully saturated rings. The molecule has 0 unspecified atom stereocenters. The number of carbonyl (C=O) groups excluding carboxylic acids is 2. The Kier molecular flexibility index (Phi) is 5.62. The second-order valence-corrected chi connectivity index (χ2v) is 8.86. The largest absolute Gasteiger partial charge is 0.481 e. The molecule has 1 N–H and O–H groups in total. The second-order valence-electron chi connectivity index (χ2n) is 8.86. The molecule has 2 aliphatic rings. The van der Waals surface area contributed by atoms with E-state index in [1.807, 2.05) is 6.07 Å². The summed E-state index contributed by atoms with van der Waals surface area (Å²) in [5, 5.41) is 2.71. The number of rotatable bonds is 3. The van der Waals surface area contributed by atoms with E-state index >= 15 is 0 Å². The lowest BCUT2D eigenvalue weighted by Gasteiger charge is -2.43. The Labute approximate surface area is 196 Å². The van der Waals surface area contributed by atoms with E-state index in [0.29, 0.717) is 17.8 Å². The number of ether oxygens (including phenoxy) is 1. The fraction of sp³-hybridized carbons (Fsp3) is 0.360. The van der Waals surface area contributed by atoms with Gasteiger partial charge in [-0.05, 0) is 57.0 Å². The van der Waals surface area contributed by atoms with Gasteiger partial charge in [-0.3, -0.25) is 9.69 Å². The zero-order valence-corrected chi connectivity index (χ0v) is 19.6. The zero-order valence-electron chi connectivity index (χ0n) is 19.6. The first-order valence-electron chi connectivity index (χ1n) is 10.9. The quantitative estimate of drug-likeness (QED) is 0.669. The molecule has 4 rings (SSSR count). The summed E-state index contributed by atoms with van der Waals surface area (Å²) in [6.45, 7) is 7.10. The van der Waals surface area contributed by atoms with Crippen LogP contribution in [0.3, 0.4) is 0 Å². The van der Waals surface area contributed by atoms with Crippen LogP contribution in [-0.4, -0.2) is 40.9 Å². The summed E-state index contributed by atoms with van der Waals surface area (Å²) >= 11 is 0. The van der Waals surface area contributed by atoms with Gasteiger partial charge in [-0.2, -0.15) is 13.2 Å². The SMILES string of the molecule is CCNC(=O)N(C)C1=C(N2Cc3ccccc3C2=O)c2c(ccc(C(F)(F)F)c2C)OC1(C)C. The molecule has 2 aromatic rings. The average molecular weight is 473 g/mol. The molecule has 0 aromatic heterocycles. The standard InChI is InChI=1S/C25H26F3N3O3/c1-6-29-23(33)30(5)21-20(31-13-15-9-7-8-10-16(15)22(31)32)19-14(2)17(25(26,27)28)11-12-18(19)34-24(21,3)4/h7-12H,6,13H2,1-5H3,(H,29,33). The van der Waals surface area contributed by atoms with Crippen LogP contribution in [0.5, 0.6) is 5.75 Å². The molecule has 0 saturated carbocycles. The van der Waals surface area contributed by atoms with Crippen LogP contribution < -0.4 is 10.1 Å². The highest BCUT2D eigenvalue weighted by Gasteiger charge is 2.46. The van der Waals surface area contributed by atoms with Crippen LogP contribution in [0.15, 0.2) is 42.1 Å². The molecule has 3 amide bonds. The number of nitrogens with zero attached hydrogens (tertiary/aromatic N) is 2. The topological polar surface area (TPSA) is 61.9 Å². The van der Waals surface area contributed by atoms with E-state index in [-0.39, 0.29) is 35.0 Å². The highest BCUT2D eigenvalue weighted by atomic mass is 19.4. The molecule has 0 atom stereocenters. The van der Waals surface area contributed by atoms with Gasteiger partial charge in [-0.1, -0.05) is 18.2 Å². The molecular weight excluding hydrogens is 447 g/mol. The molecule has 0 saturated heterocycles. The van der Waals surface area contributed by atoms with Gasteiger partial charge in [-0.15, -0.1) is 0 Å². The fourth-order valence-electron chi connectivity index (χ4n) is 4.73. The Balaban J connectivity index is 2.04. The van der Waals surface area contributed by atoms with Crippen molar-refractivity contribution in [1.82, 2.24) is 15.1 Å². The van der Waals surface area contributed by atoms with Crippen molar-refractivity contribution < 1.29 is 27.5 Å². The highest BCUT2D eigenvalue weighted by molar-refractivity contribution is 6.05. The molecule has 2 aromatic carbocycles.